The molecule has 0 unspecified atom stereocenters. The Labute approximate surface area is 133 Å². The molecule has 0 aromatic carbocycles. The highest BCUT2D eigenvalue weighted by Crippen LogP contribution is 2.20. The molecule has 1 aliphatic rings. The number of hydrogen-bond acceptors (Lipinski definition) is 5. The fourth-order valence-corrected chi connectivity index (χ4v) is 2.79. The summed E-state index contributed by atoms with van der Waals surface area (Å²) in [5, 5.41) is 0. The van der Waals surface area contributed by atoms with E-state index in [0.717, 1.165) is 0 Å². The van der Waals surface area contributed by atoms with Gasteiger partial charge in [-0.05, 0) is 33.6 Å². The summed E-state index contributed by atoms with van der Waals surface area (Å²) in [6, 6.07) is -0.275. The minimum Gasteiger partial charge on any atom is -0.468 e. The Hall–Kier alpha value is -1.30. The van der Waals surface area contributed by atoms with Crippen LogP contribution in [0.25, 0.3) is 0 Å². The molecule has 0 radical (unpaired) electrons. The first kappa shape index (κ1) is 18.7. The summed E-state index contributed by atoms with van der Waals surface area (Å²) >= 11 is 0. The van der Waals surface area contributed by atoms with Crippen molar-refractivity contribution in [3.63, 3.8) is 0 Å². The third-order valence-electron chi connectivity index (χ3n) is 3.75. The van der Waals surface area contributed by atoms with Crippen LogP contribution >= 0.6 is 0 Å². The molecule has 1 aliphatic heterocycles. The molecule has 6 heteroatoms. The van der Waals surface area contributed by atoms with Gasteiger partial charge < -0.3 is 14.4 Å². The molecule has 1 heterocycles. The van der Waals surface area contributed by atoms with Crippen LogP contribution in [-0.4, -0.2) is 66.3 Å². The Bertz CT molecular complexity index is 403. The molecular weight excluding hydrogens is 284 g/mol. The quantitative estimate of drug-likeness (QED) is 0.747. The summed E-state index contributed by atoms with van der Waals surface area (Å²) in [4.78, 5) is 28.0. The zero-order valence-corrected chi connectivity index (χ0v) is 14.9. The molecule has 0 saturated carbocycles. The van der Waals surface area contributed by atoms with Gasteiger partial charge in [0.2, 0.25) is 0 Å². The molecule has 1 fully saturated rings. The average Bonchev–Trinajstić information content (AvgIpc) is 2.36. The number of esters is 1. The van der Waals surface area contributed by atoms with Gasteiger partial charge in [0.1, 0.15) is 11.6 Å². The largest absolute Gasteiger partial charge is 0.468 e. The van der Waals surface area contributed by atoms with Crippen LogP contribution in [0.5, 0.6) is 0 Å². The standard InChI is InChI=1S/C16H30N2O4/c1-11(2)13(14(19)21-7)17-8-9-18(12(3)10-17)15(20)22-16(4,5)6/h11-13H,8-10H2,1-7H3/t12-,13+/m1/s1. The van der Waals surface area contributed by atoms with Crippen molar-refractivity contribution in [2.24, 2.45) is 5.92 Å². The van der Waals surface area contributed by atoms with Crippen LogP contribution in [-0.2, 0) is 14.3 Å². The number of hydrogen-bond donors (Lipinski definition) is 0. The lowest BCUT2D eigenvalue weighted by molar-refractivity contribution is -0.150. The molecular formula is C16H30N2O4. The van der Waals surface area contributed by atoms with E-state index in [1.54, 1.807) is 4.90 Å². The molecule has 0 aromatic heterocycles. The molecule has 1 rings (SSSR count). The van der Waals surface area contributed by atoms with Gasteiger partial charge in [0.05, 0.1) is 7.11 Å². The van der Waals surface area contributed by atoms with Gasteiger partial charge in [-0.3, -0.25) is 9.69 Å². The Morgan fingerprint density at radius 1 is 1.18 bits per heavy atom. The molecule has 22 heavy (non-hydrogen) atoms. The van der Waals surface area contributed by atoms with E-state index in [9.17, 15) is 9.59 Å². The number of piperazine rings is 1. The number of nitrogens with zero attached hydrogens (tertiary/aromatic N) is 2. The van der Waals surface area contributed by atoms with E-state index in [1.807, 2.05) is 41.5 Å². The van der Waals surface area contributed by atoms with Gasteiger partial charge >= 0.3 is 12.1 Å². The summed E-state index contributed by atoms with van der Waals surface area (Å²) in [5.74, 6) is -0.0550. The molecule has 0 bridgehead atoms. The number of ether oxygens (including phenoxy) is 2. The van der Waals surface area contributed by atoms with Crippen LogP contribution in [0.2, 0.25) is 0 Å². The minimum absolute atomic E-state index is 0.00509. The first-order chi connectivity index (χ1) is 10.1. The van der Waals surface area contributed by atoms with E-state index in [1.165, 1.54) is 7.11 Å². The van der Waals surface area contributed by atoms with E-state index >= 15 is 0 Å². The van der Waals surface area contributed by atoms with E-state index in [-0.39, 0.29) is 30.1 Å². The van der Waals surface area contributed by atoms with Gasteiger partial charge in [-0.1, -0.05) is 13.8 Å². The van der Waals surface area contributed by atoms with Gasteiger partial charge in [0, 0.05) is 25.7 Å². The lowest BCUT2D eigenvalue weighted by Gasteiger charge is -2.43. The van der Waals surface area contributed by atoms with Crippen LogP contribution in [0, 0.1) is 5.92 Å². The monoisotopic (exact) mass is 314 g/mol. The number of carbonyl (C=O) groups excluding carboxylic acids is 2. The van der Waals surface area contributed by atoms with Crippen molar-refractivity contribution in [3.8, 4) is 0 Å². The third kappa shape index (κ3) is 4.87. The second kappa shape index (κ2) is 7.31. The summed E-state index contributed by atoms with van der Waals surface area (Å²) in [7, 11) is 1.41. The smallest absolute Gasteiger partial charge is 0.410 e. The van der Waals surface area contributed by atoms with Crippen molar-refractivity contribution in [1.29, 1.82) is 0 Å². The predicted octanol–water partition coefficient (Wildman–Crippen LogP) is 2.13. The van der Waals surface area contributed by atoms with Crippen LogP contribution in [0.3, 0.4) is 0 Å². The first-order valence-electron chi connectivity index (χ1n) is 7.88. The molecule has 0 aliphatic carbocycles. The van der Waals surface area contributed by atoms with Crippen molar-refractivity contribution < 1.29 is 19.1 Å². The van der Waals surface area contributed by atoms with Gasteiger partial charge in [-0.2, -0.15) is 0 Å². The van der Waals surface area contributed by atoms with Gasteiger partial charge in [-0.25, -0.2) is 4.79 Å². The van der Waals surface area contributed by atoms with Crippen molar-refractivity contribution in [1.82, 2.24) is 9.80 Å². The van der Waals surface area contributed by atoms with Crippen LogP contribution in [0.1, 0.15) is 41.5 Å². The molecule has 6 nitrogen and oxygen atoms in total. The highest BCUT2D eigenvalue weighted by molar-refractivity contribution is 5.76. The number of amides is 1. The summed E-state index contributed by atoms with van der Waals surface area (Å²) < 4.78 is 10.4. The second-order valence-corrected chi connectivity index (χ2v) is 7.23. The van der Waals surface area contributed by atoms with Crippen molar-refractivity contribution in [3.05, 3.63) is 0 Å². The molecule has 2 atom stereocenters. The zero-order valence-electron chi connectivity index (χ0n) is 14.9. The number of methoxy groups -OCH3 is 1. The second-order valence-electron chi connectivity index (χ2n) is 7.23. The molecule has 0 N–H and O–H groups in total. The van der Waals surface area contributed by atoms with E-state index in [2.05, 4.69) is 4.90 Å². The summed E-state index contributed by atoms with van der Waals surface area (Å²) in [6.07, 6.45) is -0.293. The predicted molar refractivity (Wildman–Crippen MR) is 84.6 cm³/mol. The van der Waals surface area contributed by atoms with Crippen LogP contribution < -0.4 is 0 Å². The molecule has 1 amide bonds. The SMILES string of the molecule is COC(=O)[C@H](C(C)C)N1CCN(C(=O)OC(C)(C)C)[C@H](C)C1. The Morgan fingerprint density at radius 2 is 1.77 bits per heavy atom. The van der Waals surface area contributed by atoms with E-state index in [0.29, 0.717) is 19.6 Å². The maximum Gasteiger partial charge on any atom is 0.410 e. The Morgan fingerprint density at radius 3 is 2.18 bits per heavy atom. The summed E-state index contributed by atoms with van der Waals surface area (Å²) in [5.41, 5.74) is -0.500. The molecule has 1 saturated heterocycles. The Kier molecular flexibility index (Phi) is 6.23. The maximum atomic E-state index is 12.2. The van der Waals surface area contributed by atoms with Crippen molar-refractivity contribution in [2.75, 3.05) is 26.7 Å². The van der Waals surface area contributed by atoms with Crippen molar-refractivity contribution >= 4 is 12.1 Å². The van der Waals surface area contributed by atoms with E-state index < -0.39 is 5.60 Å². The highest BCUT2D eigenvalue weighted by atomic mass is 16.6. The lowest BCUT2D eigenvalue weighted by atomic mass is 10.0. The molecule has 128 valence electrons. The first-order valence-corrected chi connectivity index (χ1v) is 7.88. The number of carbonyl (C=O) groups is 2. The lowest BCUT2D eigenvalue weighted by Crippen LogP contribution is -2.59. The fourth-order valence-electron chi connectivity index (χ4n) is 2.79. The molecule has 0 spiro atoms. The van der Waals surface area contributed by atoms with E-state index in [4.69, 9.17) is 9.47 Å². The highest BCUT2D eigenvalue weighted by Gasteiger charge is 2.37. The van der Waals surface area contributed by atoms with Gasteiger partial charge in [0.25, 0.3) is 0 Å². The van der Waals surface area contributed by atoms with Gasteiger partial charge in [0.15, 0.2) is 0 Å². The fraction of sp³-hybridized carbons (Fsp3) is 0.875. The maximum absolute atomic E-state index is 12.2. The molecule has 0 aromatic rings. The normalized spacial score (nSPS) is 21.6. The van der Waals surface area contributed by atoms with Crippen LogP contribution in [0.4, 0.5) is 4.79 Å². The topological polar surface area (TPSA) is 59.1 Å². The zero-order chi connectivity index (χ0) is 17.1. The van der Waals surface area contributed by atoms with Gasteiger partial charge in [-0.15, -0.1) is 0 Å². The number of rotatable bonds is 3. The van der Waals surface area contributed by atoms with Crippen LogP contribution in [0.15, 0.2) is 0 Å². The minimum atomic E-state index is -0.500. The Balaban J connectivity index is 2.72. The third-order valence-corrected chi connectivity index (χ3v) is 3.75. The van der Waals surface area contributed by atoms with Crippen molar-refractivity contribution in [2.45, 2.75) is 59.2 Å². The average molecular weight is 314 g/mol. The summed E-state index contributed by atoms with van der Waals surface area (Å²) in [6.45, 7) is 13.4.